The van der Waals surface area contributed by atoms with Gasteiger partial charge in [0.1, 0.15) is 17.6 Å². The van der Waals surface area contributed by atoms with E-state index in [0.29, 0.717) is 11.7 Å². The highest BCUT2D eigenvalue weighted by Gasteiger charge is 2.27. The van der Waals surface area contributed by atoms with Crippen LogP contribution in [0.25, 0.3) is 0 Å². The predicted molar refractivity (Wildman–Crippen MR) is 63.2 cm³/mol. The van der Waals surface area contributed by atoms with Crippen molar-refractivity contribution >= 4 is 0 Å². The minimum atomic E-state index is -0.511. The average Bonchev–Trinajstić information content (AvgIpc) is 2.76. The van der Waals surface area contributed by atoms with Crippen LogP contribution in [0.5, 0.6) is 0 Å². The Bertz CT molecular complexity index is 334. The number of hydrogen-bond donors (Lipinski definition) is 2. The Morgan fingerprint density at radius 3 is 3.00 bits per heavy atom. The van der Waals surface area contributed by atoms with Crippen LogP contribution in [0.3, 0.4) is 0 Å². The molecule has 0 amide bonds. The Morgan fingerprint density at radius 2 is 2.38 bits per heavy atom. The summed E-state index contributed by atoms with van der Waals surface area (Å²) in [5, 5.41) is 13.6. The molecule has 1 aliphatic rings. The summed E-state index contributed by atoms with van der Waals surface area (Å²) < 4.78 is 5.59. The number of hydrogen-bond acceptors (Lipinski definition) is 3. The lowest BCUT2D eigenvalue weighted by Gasteiger charge is -2.30. The van der Waals surface area contributed by atoms with Gasteiger partial charge >= 0.3 is 0 Å². The second kappa shape index (κ2) is 5.02. The first-order chi connectivity index (χ1) is 7.70. The standard InChI is InChI=1S/C13H21NO2/c1-3-10-4-5-12(16-10)13(15)11-8-9(2)6-7-14-11/h4-5,9,11,13-15H,3,6-8H2,1-2H3. The van der Waals surface area contributed by atoms with Gasteiger partial charge in [-0.25, -0.2) is 0 Å². The van der Waals surface area contributed by atoms with Gasteiger partial charge in [-0.3, -0.25) is 0 Å². The molecule has 2 rings (SSSR count). The van der Waals surface area contributed by atoms with Gasteiger partial charge in [-0.1, -0.05) is 13.8 Å². The molecular weight excluding hydrogens is 202 g/mol. The minimum Gasteiger partial charge on any atom is -0.463 e. The second-order valence-electron chi connectivity index (χ2n) is 4.79. The summed E-state index contributed by atoms with van der Waals surface area (Å²) in [6.45, 7) is 5.28. The van der Waals surface area contributed by atoms with Crippen LogP contribution < -0.4 is 5.32 Å². The number of furan rings is 1. The fourth-order valence-corrected chi connectivity index (χ4v) is 2.33. The topological polar surface area (TPSA) is 45.4 Å². The summed E-state index contributed by atoms with van der Waals surface area (Å²) in [4.78, 5) is 0. The maximum Gasteiger partial charge on any atom is 0.134 e. The van der Waals surface area contributed by atoms with Crippen molar-refractivity contribution in [1.29, 1.82) is 0 Å². The quantitative estimate of drug-likeness (QED) is 0.826. The number of aryl methyl sites for hydroxylation is 1. The first-order valence-electron chi connectivity index (χ1n) is 6.20. The van der Waals surface area contributed by atoms with Gasteiger partial charge in [-0.15, -0.1) is 0 Å². The highest BCUT2D eigenvalue weighted by atomic mass is 16.4. The molecular formula is C13H21NO2. The van der Waals surface area contributed by atoms with Crippen LogP contribution in [-0.4, -0.2) is 17.7 Å². The number of nitrogens with one attached hydrogen (secondary N) is 1. The molecule has 0 radical (unpaired) electrons. The Labute approximate surface area is 96.8 Å². The molecule has 1 aromatic heterocycles. The molecule has 1 saturated heterocycles. The first-order valence-corrected chi connectivity index (χ1v) is 6.20. The summed E-state index contributed by atoms with van der Waals surface area (Å²) in [5.41, 5.74) is 0. The number of piperidine rings is 1. The van der Waals surface area contributed by atoms with E-state index >= 15 is 0 Å². The largest absolute Gasteiger partial charge is 0.463 e. The van der Waals surface area contributed by atoms with Gasteiger partial charge in [0, 0.05) is 12.5 Å². The molecule has 3 heteroatoms. The van der Waals surface area contributed by atoms with Crippen molar-refractivity contribution in [2.24, 2.45) is 5.92 Å². The minimum absolute atomic E-state index is 0.139. The maximum absolute atomic E-state index is 10.2. The van der Waals surface area contributed by atoms with Crippen LogP contribution >= 0.6 is 0 Å². The van der Waals surface area contributed by atoms with E-state index < -0.39 is 6.10 Å². The second-order valence-corrected chi connectivity index (χ2v) is 4.79. The molecule has 0 bridgehead atoms. The van der Waals surface area contributed by atoms with Gasteiger partial charge in [0.05, 0.1) is 0 Å². The number of aliphatic hydroxyl groups is 1. The van der Waals surface area contributed by atoms with Gasteiger partial charge in [0.2, 0.25) is 0 Å². The van der Waals surface area contributed by atoms with E-state index in [0.717, 1.165) is 25.1 Å². The van der Waals surface area contributed by atoms with Gasteiger partial charge in [0.15, 0.2) is 0 Å². The van der Waals surface area contributed by atoms with Crippen molar-refractivity contribution < 1.29 is 9.52 Å². The molecule has 16 heavy (non-hydrogen) atoms. The van der Waals surface area contributed by atoms with E-state index in [4.69, 9.17) is 4.42 Å². The zero-order chi connectivity index (χ0) is 11.5. The number of aliphatic hydroxyl groups excluding tert-OH is 1. The first kappa shape index (κ1) is 11.7. The molecule has 3 nitrogen and oxygen atoms in total. The molecule has 90 valence electrons. The molecule has 1 aliphatic heterocycles. The van der Waals surface area contributed by atoms with Gasteiger partial charge < -0.3 is 14.8 Å². The maximum atomic E-state index is 10.2. The summed E-state index contributed by atoms with van der Waals surface area (Å²) >= 11 is 0. The molecule has 1 fully saturated rings. The van der Waals surface area contributed by atoms with Gasteiger partial charge in [0.25, 0.3) is 0 Å². The Hall–Kier alpha value is -0.800. The summed E-state index contributed by atoms with van der Waals surface area (Å²) in [6.07, 6.45) is 2.58. The summed E-state index contributed by atoms with van der Waals surface area (Å²) in [5.74, 6) is 2.32. The normalized spacial score (nSPS) is 27.9. The fraction of sp³-hybridized carbons (Fsp3) is 0.692. The van der Waals surface area contributed by atoms with E-state index in [1.165, 1.54) is 6.42 Å². The van der Waals surface area contributed by atoms with Crippen LogP contribution in [0.2, 0.25) is 0 Å². The molecule has 0 spiro atoms. The smallest absolute Gasteiger partial charge is 0.134 e. The van der Waals surface area contributed by atoms with Crippen molar-refractivity contribution in [1.82, 2.24) is 5.32 Å². The molecule has 1 aromatic rings. The van der Waals surface area contributed by atoms with E-state index in [2.05, 4.69) is 19.2 Å². The third-order valence-corrected chi connectivity index (χ3v) is 3.40. The summed E-state index contributed by atoms with van der Waals surface area (Å²) in [7, 11) is 0. The lowest BCUT2D eigenvalue weighted by Crippen LogP contribution is -2.41. The monoisotopic (exact) mass is 223 g/mol. The van der Waals surface area contributed by atoms with Crippen LogP contribution in [0.4, 0.5) is 0 Å². The fourth-order valence-electron chi connectivity index (χ4n) is 2.33. The molecule has 2 N–H and O–H groups in total. The van der Waals surface area contributed by atoms with E-state index in [1.54, 1.807) is 0 Å². The van der Waals surface area contributed by atoms with Gasteiger partial charge in [-0.05, 0) is 37.4 Å². The molecule has 2 heterocycles. The van der Waals surface area contributed by atoms with E-state index in [9.17, 15) is 5.11 Å². The Morgan fingerprint density at radius 1 is 1.56 bits per heavy atom. The van der Waals surface area contributed by atoms with Crippen LogP contribution in [0.15, 0.2) is 16.5 Å². The lowest BCUT2D eigenvalue weighted by atomic mass is 9.90. The third kappa shape index (κ3) is 2.47. The molecule has 0 aliphatic carbocycles. The lowest BCUT2D eigenvalue weighted by molar-refractivity contribution is 0.0810. The predicted octanol–water partition coefficient (Wildman–Crippen LogP) is 2.26. The number of rotatable bonds is 3. The van der Waals surface area contributed by atoms with Crippen molar-refractivity contribution in [2.45, 2.75) is 45.3 Å². The Balaban J connectivity index is 2.02. The van der Waals surface area contributed by atoms with Crippen molar-refractivity contribution in [2.75, 3.05) is 6.54 Å². The van der Waals surface area contributed by atoms with Crippen LogP contribution in [-0.2, 0) is 6.42 Å². The third-order valence-electron chi connectivity index (χ3n) is 3.40. The van der Waals surface area contributed by atoms with Crippen molar-refractivity contribution in [3.8, 4) is 0 Å². The van der Waals surface area contributed by atoms with Crippen molar-refractivity contribution in [3.05, 3.63) is 23.7 Å². The SMILES string of the molecule is CCc1ccc(C(O)C2CC(C)CCN2)o1. The molecule has 0 saturated carbocycles. The average molecular weight is 223 g/mol. The zero-order valence-corrected chi connectivity index (χ0v) is 10.1. The van der Waals surface area contributed by atoms with Crippen molar-refractivity contribution in [3.63, 3.8) is 0 Å². The van der Waals surface area contributed by atoms with Crippen LogP contribution in [0, 0.1) is 5.92 Å². The summed E-state index contributed by atoms with van der Waals surface area (Å²) in [6, 6.07) is 3.98. The van der Waals surface area contributed by atoms with Crippen LogP contribution in [0.1, 0.15) is 44.3 Å². The highest BCUT2D eigenvalue weighted by molar-refractivity contribution is 5.11. The van der Waals surface area contributed by atoms with E-state index in [1.807, 2.05) is 12.1 Å². The molecule has 3 unspecified atom stereocenters. The zero-order valence-electron chi connectivity index (χ0n) is 10.1. The Kier molecular flexibility index (Phi) is 3.66. The molecule has 0 aromatic carbocycles. The molecule has 3 atom stereocenters. The van der Waals surface area contributed by atoms with Gasteiger partial charge in [-0.2, -0.15) is 0 Å². The van der Waals surface area contributed by atoms with E-state index in [-0.39, 0.29) is 6.04 Å². The highest BCUT2D eigenvalue weighted by Crippen LogP contribution is 2.27.